The van der Waals surface area contributed by atoms with Crippen molar-refractivity contribution in [2.75, 3.05) is 19.7 Å². The number of amides is 2. The van der Waals surface area contributed by atoms with Gasteiger partial charge in [-0.2, -0.15) is 0 Å². The fourth-order valence-corrected chi connectivity index (χ4v) is 2.74. The molecule has 6 nitrogen and oxygen atoms in total. The minimum absolute atomic E-state index is 0.0303. The van der Waals surface area contributed by atoms with E-state index in [1.807, 2.05) is 35.2 Å². The fourth-order valence-electron chi connectivity index (χ4n) is 2.74. The summed E-state index contributed by atoms with van der Waals surface area (Å²) in [5.41, 5.74) is 0.689. The van der Waals surface area contributed by atoms with Crippen LogP contribution in [0.4, 0.5) is 0 Å². The number of nitrogens with one attached hydrogen (secondary N) is 1. The van der Waals surface area contributed by atoms with E-state index >= 15 is 0 Å². The van der Waals surface area contributed by atoms with E-state index in [2.05, 4.69) is 5.32 Å². The summed E-state index contributed by atoms with van der Waals surface area (Å²) in [5.74, 6) is -0.463. The van der Waals surface area contributed by atoms with Gasteiger partial charge in [0, 0.05) is 31.1 Å². The quantitative estimate of drug-likeness (QED) is 0.805. The van der Waals surface area contributed by atoms with Gasteiger partial charge >= 0.3 is 5.97 Å². The summed E-state index contributed by atoms with van der Waals surface area (Å²) in [6.07, 6.45) is 1.69. The molecular formula is C18H24N2O4. The number of carbonyl (C=O) groups excluding carboxylic acids is 3. The molecule has 0 saturated carbocycles. The van der Waals surface area contributed by atoms with E-state index in [4.69, 9.17) is 4.74 Å². The van der Waals surface area contributed by atoms with Crippen molar-refractivity contribution in [3.05, 3.63) is 35.9 Å². The molecule has 0 bridgehead atoms. The summed E-state index contributed by atoms with van der Waals surface area (Å²) >= 11 is 0. The minimum atomic E-state index is -0.351. The predicted octanol–water partition coefficient (Wildman–Crippen LogP) is 1.75. The van der Waals surface area contributed by atoms with Gasteiger partial charge in [0.15, 0.2) is 0 Å². The zero-order valence-electron chi connectivity index (χ0n) is 14.0. The van der Waals surface area contributed by atoms with Crippen LogP contribution in [0.25, 0.3) is 0 Å². The molecule has 6 heteroatoms. The lowest BCUT2D eigenvalue weighted by Crippen LogP contribution is -2.46. The average Bonchev–Trinajstić information content (AvgIpc) is 2.61. The monoisotopic (exact) mass is 332 g/mol. The third-order valence-corrected chi connectivity index (χ3v) is 4.03. The van der Waals surface area contributed by atoms with Crippen LogP contribution in [0.3, 0.4) is 0 Å². The molecule has 1 aliphatic heterocycles. The number of hydrogen-bond acceptors (Lipinski definition) is 4. The Labute approximate surface area is 142 Å². The Morgan fingerprint density at radius 3 is 2.42 bits per heavy atom. The van der Waals surface area contributed by atoms with Crippen molar-refractivity contribution < 1.29 is 19.1 Å². The van der Waals surface area contributed by atoms with Gasteiger partial charge in [0.2, 0.25) is 5.91 Å². The molecule has 2 rings (SSSR count). The first-order valence-corrected chi connectivity index (χ1v) is 8.39. The molecule has 0 aromatic heterocycles. The number of hydrogen-bond donors (Lipinski definition) is 1. The van der Waals surface area contributed by atoms with Gasteiger partial charge in [0.25, 0.3) is 5.91 Å². The zero-order chi connectivity index (χ0) is 17.4. The number of likely N-dealkylation sites (tertiary alicyclic amines) is 1. The van der Waals surface area contributed by atoms with Crippen LogP contribution in [0.15, 0.2) is 30.3 Å². The van der Waals surface area contributed by atoms with Crippen molar-refractivity contribution in [1.82, 2.24) is 10.2 Å². The number of carbonyl (C=O) groups is 3. The van der Waals surface area contributed by atoms with Crippen LogP contribution in [0, 0.1) is 0 Å². The Morgan fingerprint density at radius 2 is 1.79 bits per heavy atom. The molecular weight excluding hydrogens is 308 g/mol. The Hall–Kier alpha value is -2.37. The molecule has 1 aliphatic rings. The lowest BCUT2D eigenvalue weighted by atomic mass is 10.0. The van der Waals surface area contributed by atoms with E-state index in [1.54, 1.807) is 6.92 Å². The third-order valence-electron chi connectivity index (χ3n) is 4.03. The number of nitrogens with zero attached hydrogens (tertiary/aromatic N) is 1. The van der Waals surface area contributed by atoms with Gasteiger partial charge < -0.3 is 15.0 Å². The van der Waals surface area contributed by atoms with Crippen molar-refractivity contribution in [3.8, 4) is 0 Å². The first-order chi connectivity index (χ1) is 11.6. The van der Waals surface area contributed by atoms with Gasteiger partial charge in [0.05, 0.1) is 13.0 Å². The Kier molecular flexibility index (Phi) is 6.78. The van der Waals surface area contributed by atoms with Crippen molar-refractivity contribution in [2.45, 2.75) is 38.6 Å². The van der Waals surface area contributed by atoms with Crippen molar-refractivity contribution in [3.63, 3.8) is 0 Å². The molecule has 24 heavy (non-hydrogen) atoms. The smallest absolute Gasteiger partial charge is 0.306 e. The molecule has 1 aromatic carbocycles. The third kappa shape index (κ3) is 5.37. The maximum Gasteiger partial charge on any atom is 0.306 e. The van der Waals surface area contributed by atoms with Crippen LogP contribution in [0.5, 0.6) is 0 Å². The highest BCUT2D eigenvalue weighted by Crippen LogP contribution is 2.14. The average molecular weight is 332 g/mol. The summed E-state index contributed by atoms with van der Waals surface area (Å²) in [4.78, 5) is 37.3. The second kappa shape index (κ2) is 9.05. The maximum atomic E-state index is 12.4. The molecule has 1 saturated heterocycles. The van der Waals surface area contributed by atoms with Crippen LogP contribution in [0.2, 0.25) is 0 Å². The van der Waals surface area contributed by atoms with E-state index in [9.17, 15) is 14.4 Å². The number of esters is 1. The van der Waals surface area contributed by atoms with E-state index in [1.165, 1.54) is 0 Å². The van der Waals surface area contributed by atoms with Crippen molar-refractivity contribution in [2.24, 2.45) is 0 Å². The van der Waals surface area contributed by atoms with Crippen LogP contribution in [-0.4, -0.2) is 48.4 Å². The molecule has 1 N–H and O–H groups in total. The van der Waals surface area contributed by atoms with Gasteiger partial charge in [-0.05, 0) is 31.9 Å². The molecule has 130 valence electrons. The molecule has 0 atom stereocenters. The second-order valence-electron chi connectivity index (χ2n) is 5.81. The number of rotatable bonds is 6. The van der Waals surface area contributed by atoms with Crippen molar-refractivity contribution in [1.29, 1.82) is 0 Å². The molecule has 0 aliphatic carbocycles. The SMILES string of the molecule is CCOC(=O)CCC(=O)NC1CCN(C(=O)c2ccccc2)CC1. The van der Waals surface area contributed by atoms with E-state index < -0.39 is 0 Å². The summed E-state index contributed by atoms with van der Waals surface area (Å²) in [7, 11) is 0. The first-order valence-electron chi connectivity index (χ1n) is 8.39. The fraction of sp³-hybridized carbons (Fsp3) is 0.500. The van der Waals surface area contributed by atoms with Gasteiger partial charge in [-0.3, -0.25) is 14.4 Å². The largest absolute Gasteiger partial charge is 0.466 e. The van der Waals surface area contributed by atoms with Gasteiger partial charge in [-0.1, -0.05) is 18.2 Å². The molecule has 1 fully saturated rings. The highest BCUT2D eigenvalue weighted by Gasteiger charge is 2.24. The Morgan fingerprint density at radius 1 is 1.12 bits per heavy atom. The van der Waals surface area contributed by atoms with Crippen LogP contribution in [-0.2, 0) is 14.3 Å². The first kappa shape index (κ1) is 18.0. The van der Waals surface area contributed by atoms with E-state index in [-0.39, 0.29) is 36.7 Å². The zero-order valence-corrected chi connectivity index (χ0v) is 14.0. The second-order valence-corrected chi connectivity index (χ2v) is 5.81. The lowest BCUT2D eigenvalue weighted by molar-refractivity contribution is -0.144. The molecule has 1 aromatic rings. The Bertz CT molecular complexity index is 566. The molecule has 0 spiro atoms. The Balaban J connectivity index is 1.72. The molecule has 1 heterocycles. The van der Waals surface area contributed by atoms with Gasteiger partial charge in [-0.25, -0.2) is 0 Å². The minimum Gasteiger partial charge on any atom is -0.466 e. The normalized spacial score (nSPS) is 15.0. The summed E-state index contributed by atoms with van der Waals surface area (Å²) < 4.78 is 4.80. The van der Waals surface area contributed by atoms with Crippen LogP contribution >= 0.6 is 0 Å². The maximum absolute atomic E-state index is 12.4. The highest BCUT2D eigenvalue weighted by molar-refractivity contribution is 5.94. The van der Waals surface area contributed by atoms with Crippen LogP contribution in [0.1, 0.15) is 43.0 Å². The topological polar surface area (TPSA) is 75.7 Å². The standard InChI is InChI=1S/C18H24N2O4/c1-2-24-17(22)9-8-16(21)19-15-10-12-20(13-11-15)18(23)14-6-4-3-5-7-14/h3-7,15H,2,8-13H2,1H3,(H,19,21). The predicted molar refractivity (Wildman–Crippen MR) is 89.4 cm³/mol. The summed E-state index contributed by atoms with van der Waals surface area (Å²) in [6.45, 7) is 3.31. The number of piperidine rings is 1. The summed E-state index contributed by atoms with van der Waals surface area (Å²) in [5, 5.41) is 2.93. The molecule has 2 amide bonds. The van der Waals surface area contributed by atoms with Gasteiger partial charge in [0.1, 0.15) is 0 Å². The highest BCUT2D eigenvalue weighted by atomic mass is 16.5. The lowest BCUT2D eigenvalue weighted by Gasteiger charge is -2.32. The van der Waals surface area contributed by atoms with E-state index in [0.717, 1.165) is 12.8 Å². The van der Waals surface area contributed by atoms with E-state index in [0.29, 0.717) is 25.3 Å². The van der Waals surface area contributed by atoms with Gasteiger partial charge in [-0.15, -0.1) is 0 Å². The molecule has 0 radical (unpaired) electrons. The van der Waals surface area contributed by atoms with Crippen LogP contribution < -0.4 is 5.32 Å². The number of benzene rings is 1. The van der Waals surface area contributed by atoms with Crippen molar-refractivity contribution >= 4 is 17.8 Å². The summed E-state index contributed by atoms with van der Waals surface area (Å²) in [6, 6.07) is 9.26. The molecule has 0 unspecified atom stereocenters. The number of ether oxygens (including phenoxy) is 1.